The van der Waals surface area contributed by atoms with Crippen molar-refractivity contribution >= 4 is 11.8 Å². The van der Waals surface area contributed by atoms with Crippen LogP contribution >= 0.6 is 11.8 Å². The van der Waals surface area contributed by atoms with Crippen molar-refractivity contribution in [3.8, 4) is 5.75 Å². The quantitative estimate of drug-likeness (QED) is 0.273. The molecule has 0 amide bonds. The lowest BCUT2D eigenvalue weighted by Crippen LogP contribution is -2.08. The van der Waals surface area contributed by atoms with Crippen molar-refractivity contribution < 1.29 is 22.3 Å². The van der Waals surface area contributed by atoms with E-state index >= 15 is 0 Å². The van der Waals surface area contributed by atoms with Gasteiger partial charge in [0, 0.05) is 12.3 Å². The molecule has 2 aromatic carbocycles. The van der Waals surface area contributed by atoms with Crippen LogP contribution in [0, 0.1) is 5.82 Å². The number of hydrogen-bond acceptors (Lipinski definition) is 4. The summed E-state index contributed by atoms with van der Waals surface area (Å²) in [6.45, 7) is 4.05. The van der Waals surface area contributed by atoms with Gasteiger partial charge in [0.2, 0.25) is 0 Å². The van der Waals surface area contributed by atoms with Crippen LogP contribution in [-0.4, -0.2) is 14.8 Å². The molecule has 0 bridgehead atoms. The van der Waals surface area contributed by atoms with Crippen LogP contribution in [0.3, 0.4) is 0 Å². The molecule has 0 aliphatic heterocycles. The molecule has 0 N–H and O–H groups in total. The van der Waals surface area contributed by atoms with Crippen LogP contribution in [0.5, 0.6) is 5.75 Å². The summed E-state index contributed by atoms with van der Waals surface area (Å²) < 4.78 is 59.1. The Morgan fingerprint density at radius 3 is 2.62 bits per heavy atom. The third-order valence-electron chi connectivity index (χ3n) is 3.89. The molecule has 1 aromatic heterocycles. The standard InChI is InChI=1S/C20H17F4N3OS/c1-2-9-27-18(12-28-17-8-4-6-15(11-17)20(22,23)24)25-26-19(27)29-13-14-5-3-7-16(21)10-14/h2-8,10-11H,1,9,12-13H2. The van der Waals surface area contributed by atoms with Crippen LogP contribution < -0.4 is 4.74 Å². The van der Waals surface area contributed by atoms with Gasteiger partial charge in [-0.1, -0.05) is 36.0 Å². The predicted octanol–water partition coefficient (Wildman–Crippen LogP) is 5.49. The molecule has 3 aromatic rings. The highest BCUT2D eigenvalue weighted by Gasteiger charge is 2.30. The summed E-state index contributed by atoms with van der Waals surface area (Å²) in [5.74, 6) is 0.707. The molecule has 1 heterocycles. The Balaban J connectivity index is 1.70. The van der Waals surface area contributed by atoms with Crippen molar-refractivity contribution in [1.29, 1.82) is 0 Å². The average molecular weight is 423 g/mol. The third-order valence-corrected chi connectivity index (χ3v) is 4.93. The number of thioether (sulfide) groups is 1. The lowest BCUT2D eigenvalue weighted by molar-refractivity contribution is -0.137. The minimum absolute atomic E-state index is 0.0529. The van der Waals surface area contributed by atoms with Crippen LogP contribution in [0.1, 0.15) is 17.0 Å². The molecule has 3 rings (SSSR count). The molecular formula is C20H17F4N3OS. The Morgan fingerprint density at radius 1 is 1.10 bits per heavy atom. The molecule has 152 valence electrons. The Labute approximate surface area is 169 Å². The fraction of sp³-hybridized carbons (Fsp3) is 0.200. The second kappa shape index (κ2) is 9.13. The predicted molar refractivity (Wildman–Crippen MR) is 102 cm³/mol. The number of hydrogen-bond donors (Lipinski definition) is 0. The van der Waals surface area contributed by atoms with E-state index in [0.717, 1.165) is 17.7 Å². The number of allylic oxidation sites excluding steroid dienone is 1. The molecule has 0 saturated carbocycles. The maximum absolute atomic E-state index is 13.3. The molecule has 29 heavy (non-hydrogen) atoms. The first-order valence-corrected chi connectivity index (χ1v) is 9.55. The normalized spacial score (nSPS) is 11.4. The van der Waals surface area contributed by atoms with Crippen LogP contribution in [0.2, 0.25) is 0 Å². The molecule has 0 aliphatic rings. The summed E-state index contributed by atoms with van der Waals surface area (Å²) in [7, 11) is 0. The Morgan fingerprint density at radius 2 is 1.90 bits per heavy atom. The SMILES string of the molecule is C=CCn1c(COc2cccc(C(F)(F)F)c2)nnc1SCc1cccc(F)c1. The van der Waals surface area contributed by atoms with Gasteiger partial charge >= 0.3 is 6.18 Å². The van der Waals surface area contributed by atoms with Crippen molar-refractivity contribution in [2.24, 2.45) is 0 Å². The second-order valence-corrected chi connectivity index (χ2v) is 6.97. The number of alkyl halides is 3. The smallest absolute Gasteiger partial charge is 0.416 e. The van der Waals surface area contributed by atoms with Gasteiger partial charge < -0.3 is 4.74 Å². The zero-order chi connectivity index (χ0) is 20.9. The topological polar surface area (TPSA) is 39.9 Å². The summed E-state index contributed by atoms with van der Waals surface area (Å²) in [5, 5.41) is 8.77. The fourth-order valence-electron chi connectivity index (χ4n) is 2.53. The number of halogens is 4. The molecule has 0 unspecified atom stereocenters. The molecule has 0 spiro atoms. The van der Waals surface area contributed by atoms with Crippen LogP contribution in [0.25, 0.3) is 0 Å². The molecule has 0 aliphatic carbocycles. The molecule has 0 radical (unpaired) electrons. The van der Waals surface area contributed by atoms with Crippen LogP contribution in [0.15, 0.2) is 66.3 Å². The molecule has 0 atom stereocenters. The van der Waals surface area contributed by atoms with E-state index < -0.39 is 11.7 Å². The molecule has 9 heteroatoms. The highest BCUT2D eigenvalue weighted by atomic mass is 32.2. The third kappa shape index (κ3) is 5.60. The minimum Gasteiger partial charge on any atom is -0.486 e. The number of ether oxygens (including phenoxy) is 1. The van der Waals surface area contributed by atoms with Gasteiger partial charge in [-0.05, 0) is 35.9 Å². The fourth-order valence-corrected chi connectivity index (χ4v) is 3.44. The van der Waals surface area contributed by atoms with Crippen molar-refractivity contribution in [3.05, 3.63) is 84.0 Å². The summed E-state index contributed by atoms with van der Waals surface area (Å²) >= 11 is 1.37. The van der Waals surface area contributed by atoms with Gasteiger partial charge in [-0.25, -0.2) is 4.39 Å². The van der Waals surface area contributed by atoms with E-state index in [0.29, 0.717) is 23.3 Å². The van der Waals surface area contributed by atoms with Crippen molar-refractivity contribution in [2.45, 2.75) is 30.2 Å². The largest absolute Gasteiger partial charge is 0.486 e. The minimum atomic E-state index is -4.44. The first-order chi connectivity index (χ1) is 13.9. The Kier molecular flexibility index (Phi) is 6.58. The van der Waals surface area contributed by atoms with E-state index in [4.69, 9.17) is 4.74 Å². The lowest BCUT2D eigenvalue weighted by Gasteiger charge is -2.11. The average Bonchev–Trinajstić information content (AvgIpc) is 3.06. The Hall–Kier alpha value is -2.81. The summed E-state index contributed by atoms with van der Waals surface area (Å²) in [5.41, 5.74) is 0.0128. The zero-order valence-corrected chi connectivity index (χ0v) is 16.0. The van der Waals surface area contributed by atoms with E-state index in [9.17, 15) is 17.6 Å². The summed E-state index contributed by atoms with van der Waals surface area (Å²) in [4.78, 5) is 0. The van der Waals surface area contributed by atoms with Gasteiger partial charge in [0.25, 0.3) is 0 Å². The zero-order valence-electron chi connectivity index (χ0n) is 15.2. The van der Waals surface area contributed by atoms with Crippen molar-refractivity contribution in [3.63, 3.8) is 0 Å². The monoisotopic (exact) mass is 423 g/mol. The maximum Gasteiger partial charge on any atom is 0.416 e. The number of rotatable bonds is 8. The molecular weight excluding hydrogens is 406 g/mol. The van der Waals surface area contributed by atoms with E-state index in [1.807, 2.05) is 6.07 Å². The van der Waals surface area contributed by atoms with Gasteiger partial charge in [-0.2, -0.15) is 13.2 Å². The van der Waals surface area contributed by atoms with E-state index in [-0.39, 0.29) is 18.2 Å². The second-order valence-electron chi connectivity index (χ2n) is 6.03. The van der Waals surface area contributed by atoms with Gasteiger partial charge in [0.15, 0.2) is 11.0 Å². The molecule has 0 saturated heterocycles. The number of benzene rings is 2. The van der Waals surface area contributed by atoms with Crippen LogP contribution in [0.4, 0.5) is 17.6 Å². The van der Waals surface area contributed by atoms with Gasteiger partial charge in [0.1, 0.15) is 18.2 Å². The van der Waals surface area contributed by atoms with E-state index in [1.165, 1.54) is 36.0 Å². The first-order valence-electron chi connectivity index (χ1n) is 8.57. The highest BCUT2D eigenvalue weighted by Crippen LogP contribution is 2.31. The van der Waals surface area contributed by atoms with Crippen molar-refractivity contribution in [2.75, 3.05) is 0 Å². The number of nitrogens with zero attached hydrogens (tertiary/aromatic N) is 3. The molecule has 4 nitrogen and oxygen atoms in total. The van der Waals surface area contributed by atoms with E-state index in [2.05, 4.69) is 16.8 Å². The van der Waals surface area contributed by atoms with Gasteiger partial charge in [0.05, 0.1) is 5.56 Å². The first kappa shape index (κ1) is 20.9. The number of aromatic nitrogens is 3. The molecule has 0 fully saturated rings. The van der Waals surface area contributed by atoms with Gasteiger partial charge in [-0.3, -0.25) is 4.57 Å². The maximum atomic E-state index is 13.3. The van der Waals surface area contributed by atoms with E-state index in [1.54, 1.807) is 16.7 Å². The Bertz CT molecular complexity index is 988. The highest BCUT2D eigenvalue weighted by molar-refractivity contribution is 7.98. The van der Waals surface area contributed by atoms with Gasteiger partial charge in [-0.15, -0.1) is 16.8 Å². The van der Waals surface area contributed by atoms with Crippen molar-refractivity contribution in [1.82, 2.24) is 14.8 Å². The summed E-state index contributed by atoms with van der Waals surface area (Å²) in [6, 6.07) is 10.9. The van der Waals surface area contributed by atoms with Crippen LogP contribution in [-0.2, 0) is 25.1 Å². The lowest BCUT2D eigenvalue weighted by atomic mass is 10.2. The summed E-state index contributed by atoms with van der Waals surface area (Å²) in [6.07, 6.45) is -2.79.